The molecule has 0 saturated heterocycles. The molecular weight excluding hydrogens is 248 g/mol. The van der Waals surface area contributed by atoms with E-state index in [0.29, 0.717) is 0 Å². The number of nitrogens with two attached hydrogens (primary N) is 2. The molecule has 0 aliphatic heterocycles. The third-order valence-electron chi connectivity index (χ3n) is 3.89. The Hall–Kier alpha value is -0.160. The molecule has 0 aromatic carbocycles. The minimum atomic E-state index is -0.454. The summed E-state index contributed by atoms with van der Waals surface area (Å²) in [7, 11) is 3.99. The molecule has 0 radical (unpaired) electrons. The van der Waals surface area contributed by atoms with Gasteiger partial charge in [0.2, 0.25) is 0 Å². The molecule has 20 heavy (non-hydrogen) atoms. The SMILES string of the molecule is CNCCCCCCCCCCC(N)(N)CCCNC. The van der Waals surface area contributed by atoms with E-state index in [-0.39, 0.29) is 0 Å². The van der Waals surface area contributed by atoms with E-state index in [4.69, 9.17) is 11.5 Å². The van der Waals surface area contributed by atoms with Crippen LogP contribution in [0.2, 0.25) is 0 Å². The lowest BCUT2D eigenvalue weighted by molar-refractivity contribution is 0.350. The molecule has 0 fully saturated rings. The van der Waals surface area contributed by atoms with E-state index < -0.39 is 5.66 Å². The molecular formula is C16H38N4. The quantitative estimate of drug-likeness (QED) is 0.275. The summed E-state index contributed by atoms with van der Waals surface area (Å²) in [6, 6.07) is 0. The third-order valence-corrected chi connectivity index (χ3v) is 3.89. The van der Waals surface area contributed by atoms with E-state index in [0.717, 1.165) is 32.4 Å². The molecule has 4 nitrogen and oxygen atoms in total. The molecule has 0 saturated carbocycles. The molecule has 0 aromatic heterocycles. The fraction of sp³-hybridized carbons (Fsp3) is 1.00. The number of nitrogens with one attached hydrogen (secondary N) is 2. The van der Waals surface area contributed by atoms with Crippen LogP contribution in [-0.4, -0.2) is 32.8 Å². The zero-order chi connectivity index (χ0) is 15.1. The van der Waals surface area contributed by atoms with E-state index in [2.05, 4.69) is 10.6 Å². The van der Waals surface area contributed by atoms with Gasteiger partial charge in [-0.2, -0.15) is 0 Å². The Bertz CT molecular complexity index is 195. The molecule has 6 N–H and O–H groups in total. The largest absolute Gasteiger partial charge is 0.320 e. The minimum absolute atomic E-state index is 0.454. The van der Waals surface area contributed by atoms with Crippen LogP contribution < -0.4 is 22.1 Å². The second kappa shape index (κ2) is 13.8. The average molecular weight is 287 g/mol. The Morgan fingerprint density at radius 1 is 0.600 bits per heavy atom. The van der Waals surface area contributed by atoms with Gasteiger partial charge in [-0.1, -0.05) is 44.9 Å². The first-order valence-electron chi connectivity index (χ1n) is 8.49. The Balaban J connectivity index is 3.25. The first kappa shape index (κ1) is 19.8. The van der Waals surface area contributed by atoms with Gasteiger partial charge in [-0.05, 0) is 52.9 Å². The molecule has 4 heteroatoms. The van der Waals surface area contributed by atoms with E-state index in [9.17, 15) is 0 Å². The Morgan fingerprint density at radius 2 is 1.00 bits per heavy atom. The molecule has 0 heterocycles. The van der Waals surface area contributed by atoms with Crippen molar-refractivity contribution in [1.29, 1.82) is 0 Å². The molecule has 0 rings (SSSR count). The van der Waals surface area contributed by atoms with E-state index >= 15 is 0 Å². The van der Waals surface area contributed by atoms with Crippen LogP contribution in [0.4, 0.5) is 0 Å². The van der Waals surface area contributed by atoms with Crippen molar-refractivity contribution in [3.63, 3.8) is 0 Å². The first-order valence-corrected chi connectivity index (χ1v) is 8.49. The van der Waals surface area contributed by atoms with Gasteiger partial charge in [-0.15, -0.1) is 0 Å². The van der Waals surface area contributed by atoms with Crippen LogP contribution in [0.3, 0.4) is 0 Å². The number of unbranched alkanes of at least 4 members (excludes halogenated alkanes) is 7. The second-order valence-corrected chi connectivity index (χ2v) is 6.12. The molecule has 0 unspecified atom stereocenters. The van der Waals surface area contributed by atoms with Crippen molar-refractivity contribution < 1.29 is 0 Å². The molecule has 0 aromatic rings. The standard InChI is InChI=1S/C16H38N4/c1-19-14-10-8-6-4-3-5-7-9-12-16(17,18)13-11-15-20-2/h19-20H,3-15,17-18H2,1-2H3. The highest BCUT2D eigenvalue weighted by atomic mass is 14.9. The maximum absolute atomic E-state index is 6.11. The second-order valence-electron chi connectivity index (χ2n) is 6.12. The van der Waals surface area contributed by atoms with Crippen molar-refractivity contribution in [2.75, 3.05) is 27.2 Å². The van der Waals surface area contributed by atoms with Crippen molar-refractivity contribution in [3.8, 4) is 0 Å². The first-order chi connectivity index (χ1) is 9.62. The predicted molar refractivity (Wildman–Crippen MR) is 89.7 cm³/mol. The van der Waals surface area contributed by atoms with Crippen LogP contribution in [0.1, 0.15) is 70.6 Å². The monoisotopic (exact) mass is 286 g/mol. The number of rotatable bonds is 15. The molecule has 0 amide bonds. The lowest BCUT2D eigenvalue weighted by Crippen LogP contribution is -2.49. The average Bonchev–Trinajstić information content (AvgIpc) is 2.41. The lowest BCUT2D eigenvalue weighted by Gasteiger charge is -2.24. The summed E-state index contributed by atoms with van der Waals surface area (Å²) in [6.07, 6.45) is 13.5. The number of hydrogen-bond acceptors (Lipinski definition) is 4. The Morgan fingerprint density at radius 3 is 1.55 bits per heavy atom. The van der Waals surface area contributed by atoms with Crippen LogP contribution in [0, 0.1) is 0 Å². The Labute approximate surface area is 126 Å². The predicted octanol–water partition coefficient (Wildman–Crippen LogP) is 2.33. The smallest absolute Gasteiger partial charge is 0.0637 e. The van der Waals surface area contributed by atoms with Gasteiger partial charge in [-0.25, -0.2) is 0 Å². The van der Waals surface area contributed by atoms with Crippen molar-refractivity contribution in [2.24, 2.45) is 11.5 Å². The molecule has 0 bridgehead atoms. The summed E-state index contributed by atoms with van der Waals surface area (Å²) in [5.74, 6) is 0. The topological polar surface area (TPSA) is 76.1 Å². The summed E-state index contributed by atoms with van der Waals surface area (Å²) in [5, 5.41) is 6.32. The van der Waals surface area contributed by atoms with Crippen molar-refractivity contribution in [1.82, 2.24) is 10.6 Å². The van der Waals surface area contributed by atoms with Crippen molar-refractivity contribution in [3.05, 3.63) is 0 Å². The summed E-state index contributed by atoms with van der Waals surface area (Å²) < 4.78 is 0. The highest BCUT2D eigenvalue weighted by Gasteiger charge is 2.17. The molecule has 0 spiro atoms. The fourth-order valence-electron chi connectivity index (χ4n) is 2.54. The van der Waals surface area contributed by atoms with Gasteiger partial charge in [-0.3, -0.25) is 0 Å². The fourth-order valence-corrected chi connectivity index (χ4v) is 2.54. The van der Waals surface area contributed by atoms with Gasteiger partial charge in [0.1, 0.15) is 0 Å². The van der Waals surface area contributed by atoms with Gasteiger partial charge in [0, 0.05) is 0 Å². The van der Waals surface area contributed by atoms with E-state index in [1.807, 2.05) is 14.1 Å². The van der Waals surface area contributed by atoms with Gasteiger partial charge in [0.05, 0.1) is 5.66 Å². The highest BCUT2D eigenvalue weighted by Crippen LogP contribution is 2.15. The molecule has 0 atom stereocenters. The van der Waals surface area contributed by atoms with Gasteiger partial charge in [0.15, 0.2) is 0 Å². The van der Waals surface area contributed by atoms with Crippen LogP contribution >= 0.6 is 0 Å². The van der Waals surface area contributed by atoms with Gasteiger partial charge < -0.3 is 22.1 Å². The maximum Gasteiger partial charge on any atom is 0.0637 e. The summed E-state index contributed by atoms with van der Waals surface area (Å²) in [4.78, 5) is 0. The summed E-state index contributed by atoms with van der Waals surface area (Å²) in [6.45, 7) is 2.16. The van der Waals surface area contributed by atoms with Crippen LogP contribution in [-0.2, 0) is 0 Å². The van der Waals surface area contributed by atoms with Crippen LogP contribution in [0.15, 0.2) is 0 Å². The lowest BCUT2D eigenvalue weighted by atomic mass is 9.97. The zero-order valence-corrected chi connectivity index (χ0v) is 13.8. The van der Waals surface area contributed by atoms with Crippen LogP contribution in [0.5, 0.6) is 0 Å². The zero-order valence-electron chi connectivity index (χ0n) is 13.8. The highest BCUT2D eigenvalue weighted by molar-refractivity contribution is 4.76. The van der Waals surface area contributed by atoms with Crippen molar-refractivity contribution in [2.45, 2.75) is 76.3 Å². The molecule has 122 valence electrons. The molecule has 0 aliphatic rings. The van der Waals surface area contributed by atoms with E-state index in [1.54, 1.807) is 0 Å². The molecule has 0 aliphatic carbocycles. The van der Waals surface area contributed by atoms with Gasteiger partial charge >= 0.3 is 0 Å². The Kier molecular flexibility index (Phi) is 13.7. The third kappa shape index (κ3) is 14.3. The minimum Gasteiger partial charge on any atom is -0.320 e. The summed E-state index contributed by atoms with van der Waals surface area (Å²) in [5.41, 5.74) is 11.8. The summed E-state index contributed by atoms with van der Waals surface area (Å²) >= 11 is 0. The van der Waals surface area contributed by atoms with Crippen LogP contribution in [0.25, 0.3) is 0 Å². The number of hydrogen-bond donors (Lipinski definition) is 4. The maximum atomic E-state index is 6.11. The van der Waals surface area contributed by atoms with E-state index in [1.165, 1.54) is 51.4 Å². The van der Waals surface area contributed by atoms with Crippen molar-refractivity contribution >= 4 is 0 Å². The van der Waals surface area contributed by atoms with Gasteiger partial charge in [0.25, 0.3) is 0 Å². The normalized spacial score (nSPS) is 12.0.